The lowest BCUT2D eigenvalue weighted by molar-refractivity contribution is -0.384. The van der Waals surface area contributed by atoms with Gasteiger partial charge in [-0.05, 0) is 24.8 Å². The summed E-state index contributed by atoms with van der Waals surface area (Å²) in [5, 5.41) is 16.8. The molecule has 1 aromatic rings. The van der Waals surface area contributed by atoms with Crippen molar-refractivity contribution >= 4 is 17.3 Å². The number of pyridine rings is 1. The fourth-order valence-electron chi connectivity index (χ4n) is 1.87. The van der Waals surface area contributed by atoms with Gasteiger partial charge in [-0.15, -0.1) is 0 Å². The third-order valence-corrected chi connectivity index (χ3v) is 3.11. The third-order valence-electron chi connectivity index (χ3n) is 3.11. The fourth-order valence-corrected chi connectivity index (χ4v) is 1.87. The molecule has 6 nitrogen and oxygen atoms in total. The molecule has 0 amide bonds. The van der Waals surface area contributed by atoms with Gasteiger partial charge in [0, 0.05) is 19.7 Å². The standard InChI is InChI=1S/C12H18N4O2/c1-13-11-7-6-10(16(17)18)12(15-11)14-8-2-3-9-4-5-9/h6-7,9H,2-5,8H2,1H3,(H2,13,14,15). The summed E-state index contributed by atoms with van der Waals surface area (Å²) in [4.78, 5) is 14.7. The Morgan fingerprint density at radius 1 is 1.50 bits per heavy atom. The summed E-state index contributed by atoms with van der Waals surface area (Å²) in [6.45, 7) is 0.734. The van der Waals surface area contributed by atoms with E-state index in [9.17, 15) is 10.1 Å². The van der Waals surface area contributed by atoms with E-state index in [0.29, 0.717) is 11.6 Å². The Hall–Kier alpha value is -1.85. The van der Waals surface area contributed by atoms with Crippen LogP contribution >= 0.6 is 0 Å². The molecule has 0 aliphatic heterocycles. The van der Waals surface area contributed by atoms with Crippen LogP contribution in [-0.4, -0.2) is 23.5 Å². The third kappa shape index (κ3) is 3.32. The number of nitro groups is 1. The highest BCUT2D eigenvalue weighted by atomic mass is 16.6. The molecule has 98 valence electrons. The van der Waals surface area contributed by atoms with E-state index in [1.807, 2.05) is 0 Å². The second-order valence-corrected chi connectivity index (χ2v) is 4.58. The van der Waals surface area contributed by atoms with Gasteiger partial charge in [0.25, 0.3) is 0 Å². The van der Waals surface area contributed by atoms with Crippen LogP contribution < -0.4 is 10.6 Å². The fraction of sp³-hybridized carbons (Fsp3) is 0.583. The van der Waals surface area contributed by atoms with Crippen molar-refractivity contribution in [1.29, 1.82) is 0 Å². The molecule has 1 aliphatic rings. The van der Waals surface area contributed by atoms with E-state index in [0.717, 1.165) is 18.9 Å². The maximum absolute atomic E-state index is 10.9. The Bertz CT molecular complexity index is 432. The van der Waals surface area contributed by atoms with Crippen LogP contribution in [0.3, 0.4) is 0 Å². The van der Waals surface area contributed by atoms with Gasteiger partial charge in [0.15, 0.2) is 0 Å². The van der Waals surface area contributed by atoms with Crippen molar-refractivity contribution in [2.75, 3.05) is 24.2 Å². The summed E-state index contributed by atoms with van der Waals surface area (Å²) >= 11 is 0. The largest absolute Gasteiger partial charge is 0.373 e. The normalized spacial score (nSPS) is 14.3. The molecule has 2 rings (SSSR count). The second-order valence-electron chi connectivity index (χ2n) is 4.58. The van der Waals surface area contributed by atoms with Gasteiger partial charge in [0.1, 0.15) is 5.82 Å². The SMILES string of the molecule is CNc1ccc([N+](=O)[O-])c(NCCCC2CC2)n1. The van der Waals surface area contributed by atoms with Crippen LogP contribution in [-0.2, 0) is 0 Å². The molecule has 1 fully saturated rings. The smallest absolute Gasteiger partial charge is 0.311 e. The minimum atomic E-state index is -0.407. The van der Waals surface area contributed by atoms with E-state index in [1.54, 1.807) is 13.1 Å². The summed E-state index contributed by atoms with van der Waals surface area (Å²) in [5.41, 5.74) is 0.0282. The van der Waals surface area contributed by atoms with E-state index >= 15 is 0 Å². The average molecular weight is 250 g/mol. The van der Waals surface area contributed by atoms with Crippen LogP contribution in [0.15, 0.2) is 12.1 Å². The van der Waals surface area contributed by atoms with Gasteiger partial charge in [0.2, 0.25) is 5.82 Å². The lowest BCUT2D eigenvalue weighted by atomic mass is 10.2. The van der Waals surface area contributed by atoms with Gasteiger partial charge in [-0.3, -0.25) is 10.1 Å². The molecule has 0 aromatic carbocycles. The quantitative estimate of drug-likeness (QED) is 0.442. The molecule has 6 heteroatoms. The van der Waals surface area contributed by atoms with Gasteiger partial charge >= 0.3 is 5.69 Å². The van der Waals surface area contributed by atoms with Gasteiger partial charge < -0.3 is 10.6 Å². The molecule has 1 heterocycles. The summed E-state index contributed by atoms with van der Waals surface area (Å²) in [6, 6.07) is 3.08. The van der Waals surface area contributed by atoms with Crippen molar-refractivity contribution in [3.63, 3.8) is 0 Å². The van der Waals surface area contributed by atoms with Crippen molar-refractivity contribution in [2.24, 2.45) is 5.92 Å². The Morgan fingerprint density at radius 2 is 2.28 bits per heavy atom. The number of hydrogen-bond acceptors (Lipinski definition) is 5. The van der Waals surface area contributed by atoms with Crippen LogP contribution in [0.2, 0.25) is 0 Å². The van der Waals surface area contributed by atoms with Crippen LogP contribution in [0.5, 0.6) is 0 Å². The first-order chi connectivity index (χ1) is 8.70. The zero-order valence-electron chi connectivity index (χ0n) is 10.5. The summed E-state index contributed by atoms with van der Waals surface area (Å²) in [6.07, 6.45) is 4.92. The molecule has 2 N–H and O–H groups in total. The number of rotatable bonds is 7. The van der Waals surface area contributed by atoms with Gasteiger partial charge in [-0.25, -0.2) is 4.98 Å². The highest BCUT2D eigenvalue weighted by molar-refractivity contribution is 5.60. The number of nitrogens with one attached hydrogen (secondary N) is 2. The van der Waals surface area contributed by atoms with Crippen LogP contribution in [0.25, 0.3) is 0 Å². The average Bonchev–Trinajstić information content (AvgIpc) is 3.18. The molecule has 1 aliphatic carbocycles. The van der Waals surface area contributed by atoms with E-state index in [1.165, 1.54) is 25.3 Å². The summed E-state index contributed by atoms with van der Waals surface area (Å²) < 4.78 is 0. The number of anilines is 2. The van der Waals surface area contributed by atoms with Crippen molar-refractivity contribution in [1.82, 2.24) is 4.98 Å². The summed E-state index contributed by atoms with van der Waals surface area (Å²) in [5.74, 6) is 1.87. The number of aromatic nitrogens is 1. The second kappa shape index (κ2) is 5.66. The number of nitrogens with zero attached hydrogens (tertiary/aromatic N) is 2. The molecule has 18 heavy (non-hydrogen) atoms. The number of hydrogen-bond donors (Lipinski definition) is 2. The van der Waals surface area contributed by atoms with Gasteiger partial charge in [0.05, 0.1) is 4.92 Å². The maximum Gasteiger partial charge on any atom is 0.311 e. The topological polar surface area (TPSA) is 80.1 Å². The van der Waals surface area contributed by atoms with Crippen LogP contribution in [0, 0.1) is 16.0 Å². The van der Waals surface area contributed by atoms with Crippen molar-refractivity contribution in [3.05, 3.63) is 22.2 Å². The highest BCUT2D eigenvalue weighted by Crippen LogP contribution is 2.33. The Labute approximate surface area is 106 Å². The predicted octanol–water partition coefficient (Wildman–Crippen LogP) is 2.63. The van der Waals surface area contributed by atoms with Crippen molar-refractivity contribution in [3.8, 4) is 0 Å². The van der Waals surface area contributed by atoms with E-state index in [4.69, 9.17) is 0 Å². The molecule has 0 radical (unpaired) electrons. The molecule has 0 bridgehead atoms. The zero-order valence-corrected chi connectivity index (χ0v) is 10.5. The van der Waals surface area contributed by atoms with Gasteiger partial charge in [-0.2, -0.15) is 0 Å². The maximum atomic E-state index is 10.9. The lowest BCUT2D eigenvalue weighted by Gasteiger charge is -2.07. The minimum absolute atomic E-state index is 0.0282. The molecular weight excluding hydrogens is 232 g/mol. The first-order valence-electron chi connectivity index (χ1n) is 6.27. The Morgan fingerprint density at radius 3 is 2.89 bits per heavy atom. The van der Waals surface area contributed by atoms with Gasteiger partial charge in [-0.1, -0.05) is 12.8 Å². The molecule has 1 aromatic heterocycles. The molecule has 0 saturated heterocycles. The predicted molar refractivity (Wildman–Crippen MR) is 70.9 cm³/mol. The minimum Gasteiger partial charge on any atom is -0.373 e. The van der Waals surface area contributed by atoms with Crippen LogP contribution in [0.4, 0.5) is 17.3 Å². The first-order valence-corrected chi connectivity index (χ1v) is 6.27. The first kappa shape index (κ1) is 12.6. The monoisotopic (exact) mass is 250 g/mol. The van der Waals surface area contributed by atoms with E-state index < -0.39 is 4.92 Å². The molecular formula is C12H18N4O2. The van der Waals surface area contributed by atoms with Crippen molar-refractivity contribution in [2.45, 2.75) is 25.7 Å². The lowest BCUT2D eigenvalue weighted by Crippen LogP contribution is -2.07. The van der Waals surface area contributed by atoms with E-state index in [-0.39, 0.29) is 5.69 Å². The molecule has 0 spiro atoms. The zero-order chi connectivity index (χ0) is 13.0. The van der Waals surface area contributed by atoms with Crippen molar-refractivity contribution < 1.29 is 4.92 Å². The molecule has 1 saturated carbocycles. The molecule has 0 unspecified atom stereocenters. The Kier molecular flexibility index (Phi) is 3.96. The Balaban J connectivity index is 1.95. The summed E-state index contributed by atoms with van der Waals surface area (Å²) in [7, 11) is 1.74. The highest BCUT2D eigenvalue weighted by Gasteiger charge is 2.20. The van der Waals surface area contributed by atoms with E-state index in [2.05, 4.69) is 15.6 Å². The van der Waals surface area contributed by atoms with Crippen LogP contribution in [0.1, 0.15) is 25.7 Å². The molecule has 0 atom stereocenters.